The molecular weight excluding hydrogens is 320 g/mol. The van der Waals surface area contributed by atoms with Gasteiger partial charge < -0.3 is 5.32 Å². The minimum absolute atomic E-state index is 0.134. The Hall–Kier alpha value is -0.940. The van der Waals surface area contributed by atoms with E-state index in [-0.39, 0.29) is 10.6 Å². The lowest BCUT2D eigenvalue weighted by Gasteiger charge is -2.32. The minimum atomic E-state index is -0.349. The molecule has 2 atom stereocenters. The van der Waals surface area contributed by atoms with Crippen LogP contribution in [0.4, 0.5) is 5.69 Å². The van der Waals surface area contributed by atoms with Crippen molar-refractivity contribution in [1.29, 1.82) is 0 Å². The predicted octanol–water partition coefficient (Wildman–Crippen LogP) is 4.27. The lowest BCUT2D eigenvalue weighted by molar-refractivity contribution is -0.385. The molecule has 2 unspecified atom stereocenters. The van der Waals surface area contributed by atoms with Crippen LogP contribution in [0.5, 0.6) is 0 Å². The third kappa shape index (κ3) is 4.03. The molecule has 0 amide bonds. The maximum atomic E-state index is 10.9. The molecule has 0 aromatic heterocycles. The number of benzene rings is 1. The van der Waals surface area contributed by atoms with Crippen LogP contribution in [0.2, 0.25) is 0 Å². The molecule has 1 aromatic rings. The monoisotopic (exact) mass is 340 g/mol. The van der Waals surface area contributed by atoms with Crippen molar-refractivity contribution < 1.29 is 4.92 Å². The average molecular weight is 341 g/mol. The summed E-state index contributed by atoms with van der Waals surface area (Å²) in [5, 5.41) is 14.5. The van der Waals surface area contributed by atoms with Crippen LogP contribution < -0.4 is 5.32 Å². The van der Waals surface area contributed by atoms with Gasteiger partial charge in [0.25, 0.3) is 5.69 Å². The van der Waals surface area contributed by atoms with Gasteiger partial charge in [0.1, 0.15) is 0 Å². The molecule has 0 aliphatic heterocycles. The zero-order valence-electron chi connectivity index (χ0n) is 11.9. The number of nitrogens with zero attached hydrogens (tertiary/aromatic N) is 1. The highest BCUT2D eigenvalue weighted by molar-refractivity contribution is 9.10. The molecular formula is C15H21BrN2O2. The van der Waals surface area contributed by atoms with Crippen LogP contribution in [0.3, 0.4) is 0 Å². The zero-order chi connectivity index (χ0) is 14.7. The van der Waals surface area contributed by atoms with Crippen LogP contribution in [0, 0.1) is 22.0 Å². The van der Waals surface area contributed by atoms with Gasteiger partial charge in [-0.1, -0.05) is 19.9 Å². The molecule has 1 fully saturated rings. The Labute approximate surface area is 128 Å². The van der Waals surface area contributed by atoms with Crippen molar-refractivity contribution in [1.82, 2.24) is 5.32 Å². The van der Waals surface area contributed by atoms with Gasteiger partial charge in [-0.25, -0.2) is 0 Å². The van der Waals surface area contributed by atoms with Crippen molar-refractivity contribution in [3.63, 3.8) is 0 Å². The van der Waals surface area contributed by atoms with Gasteiger partial charge in [0.2, 0.25) is 0 Å². The van der Waals surface area contributed by atoms with E-state index < -0.39 is 0 Å². The van der Waals surface area contributed by atoms with E-state index in [0.29, 0.717) is 17.1 Å². The Bertz CT molecular complexity index is 483. The van der Waals surface area contributed by atoms with E-state index in [2.05, 4.69) is 35.1 Å². The molecule has 20 heavy (non-hydrogen) atoms. The lowest BCUT2D eigenvalue weighted by atomic mass is 9.80. The van der Waals surface area contributed by atoms with Gasteiger partial charge in [-0.05, 0) is 58.7 Å². The average Bonchev–Trinajstić information content (AvgIpc) is 2.36. The molecule has 5 heteroatoms. The first kappa shape index (κ1) is 15.4. The summed E-state index contributed by atoms with van der Waals surface area (Å²) < 4.78 is 0.533. The summed E-state index contributed by atoms with van der Waals surface area (Å²) in [4.78, 5) is 10.6. The minimum Gasteiger partial charge on any atom is -0.310 e. The predicted molar refractivity (Wildman–Crippen MR) is 83.6 cm³/mol. The van der Waals surface area contributed by atoms with Crippen LogP contribution >= 0.6 is 15.9 Å². The Balaban J connectivity index is 1.97. The number of rotatable bonds is 4. The van der Waals surface area contributed by atoms with Crippen molar-refractivity contribution in [3.05, 3.63) is 38.3 Å². The fraction of sp³-hybridized carbons (Fsp3) is 0.600. The molecule has 0 radical (unpaired) electrons. The maximum Gasteiger partial charge on any atom is 0.283 e. The van der Waals surface area contributed by atoms with E-state index in [1.54, 1.807) is 12.1 Å². The lowest BCUT2D eigenvalue weighted by Crippen LogP contribution is -2.35. The number of nitrogens with one attached hydrogen (secondary N) is 1. The Morgan fingerprint density at radius 3 is 2.55 bits per heavy atom. The molecule has 0 saturated heterocycles. The fourth-order valence-electron chi connectivity index (χ4n) is 3.18. The van der Waals surface area contributed by atoms with Gasteiger partial charge in [-0.3, -0.25) is 10.1 Å². The molecule has 1 aliphatic rings. The quantitative estimate of drug-likeness (QED) is 0.657. The molecule has 1 N–H and O–H groups in total. The third-order valence-corrected chi connectivity index (χ3v) is 4.65. The van der Waals surface area contributed by atoms with Gasteiger partial charge in [-0.15, -0.1) is 0 Å². The highest BCUT2D eigenvalue weighted by atomic mass is 79.9. The second-order valence-corrected chi connectivity index (χ2v) is 6.89. The molecule has 0 spiro atoms. The molecule has 2 rings (SSSR count). The molecule has 1 aromatic carbocycles. The normalized spacial score (nSPS) is 26.4. The Morgan fingerprint density at radius 2 is 1.95 bits per heavy atom. The van der Waals surface area contributed by atoms with Crippen molar-refractivity contribution in [3.8, 4) is 0 Å². The van der Waals surface area contributed by atoms with Crippen molar-refractivity contribution in [2.75, 3.05) is 0 Å². The van der Waals surface area contributed by atoms with Crippen LogP contribution in [-0.2, 0) is 6.54 Å². The number of halogens is 1. The summed E-state index contributed by atoms with van der Waals surface area (Å²) in [5.41, 5.74) is 1.10. The standard InChI is InChI=1S/C15H21BrN2O2/c1-10-5-11(2)7-13(6-10)17-9-12-3-4-14(16)15(8-12)18(19)20/h3-4,8,10-11,13,17H,5-7,9H2,1-2H3. The van der Waals surface area contributed by atoms with E-state index in [9.17, 15) is 10.1 Å². The first-order chi connectivity index (χ1) is 9.45. The Morgan fingerprint density at radius 1 is 1.30 bits per heavy atom. The smallest absolute Gasteiger partial charge is 0.283 e. The van der Waals surface area contributed by atoms with E-state index in [0.717, 1.165) is 17.4 Å². The van der Waals surface area contributed by atoms with Gasteiger partial charge in [-0.2, -0.15) is 0 Å². The van der Waals surface area contributed by atoms with Crippen LogP contribution in [0.1, 0.15) is 38.7 Å². The van der Waals surface area contributed by atoms with Gasteiger partial charge in [0.15, 0.2) is 0 Å². The molecule has 1 saturated carbocycles. The summed E-state index contributed by atoms with van der Waals surface area (Å²) in [5.74, 6) is 1.52. The number of hydrogen-bond donors (Lipinski definition) is 1. The second-order valence-electron chi connectivity index (χ2n) is 6.04. The van der Waals surface area contributed by atoms with E-state index in [1.165, 1.54) is 19.3 Å². The fourth-order valence-corrected chi connectivity index (χ4v) is 3.58. The highest BCUT2D eigenvalue weighted by Gasteiger charge is 2.23. The summed E-state index contributed by atoms with van der Waals surface area (Å²) in [6.07, 6.45) is 3.70. The largest absolute Gasteiger partial charge is 0.310 e. The maximum absolute atomic E-state index is 10.9. The molecule has 4 nitrogen and oxygen atoms in total. The van der Waals surface area contributed by atoms with Crippen LogP contribution in [0.15, 0.2) is 22.7 Å². The van der Waals surface area contributed by atoms with Gasteiger partial charge >= 0.3 is 0 Å². The highest BCUT2D eigenvalue weighted by Crippen LogP contribution is 2.29. The topological polar surface area (TPSA) is 55.2 Å². The Kier molecular flexibility index (Phi) is 5.16. The van der Waals surface area contributed by atoms with Crippen LogP contribution in [0.25, 0.3) is 0 Å². The van der Waals surface area contributed by atoms with Gasteiger partial charge in [0.05, 0.1) is 9.40 Å². The molecule has 1 aliphatic carbocycles. The zero-order valence-corrected chi connectivity index (χ0v) is 13.5. The summed E-state index contributed by atoms with van der Waals surface area (Å²) in [6.45, 7) is 5.29. The summed E-state index contributed by atoms with van der Waals surface area (Å²) in [7, 11) is 0. The SMILES string of the molecule is CC1CC(C)CC(NCc2ccc(Br)c([N+](=O)[O-])c2)C1. The van der Waals surface area contributed by atoms with Crippen LogP contribution in [-0.4, -0.2) is 11.0 Å². The van der Waals surface area contributed by atoms with E-state index in [1.807, 2.05) is 6.07 Å². The number of nitro groups is 1. The summed E-state index contributed by atoms with van der Waals surface area (Å²) in [6, 6.07) is 5.85. The number of nitro benzene ring substituents is 1. The molecule has 0 heterocycles. The molecule has 110 valence electrons. The number of hydrogen-bond acceptors (Lipinski definition) is 3. The van der Waals surface area contributed by atoms with E-state index in [4.69, 9.17) is 0 Å². The van der Waals surface area contributed by atoms with Crippen molar-refractivity contribution >= 4 is 21.6 Å². The third-order valence-electron chi connectivity index (χ3n) is 3.98. The first-order valence-electron chi connectivity index (χ1n) is 7.12. The van der Waals surface area contributed by atoms with Crippen molar-refractivity contribution in [2.45, 2.75) is 45.7 Å². The first-order valence-corrected chi connectivity index (χ1v) is 7.91. The van der Waals surface area contributed by atoms with Crippen molar-refractivity contribution in [2.24, 2.45) is 11.8 Å². The molecule has 0 bridgehead atoms. The van der Waals surface area contributed by atoms with Gasteiger partial charge in [0, 0.05) is 18.7 Å². The van der Waals surface area contributed by atoms with E-state index >= 15 is 0 Å². The second kappa shape index (κ2) is 6.68. The summed E-state index contributed by atoms with van der Waals surface area (Å²) >= 11 is 3.21.